The van der Waals surface area contributed by atoms with E-state index in [4.69, 9.17) is 5.11 Å². The van der Waals surface area contributed by atoms with E-state index in [9.17, 15) is 19.8 Å². The number of carbonyl (C=O) groups is 2. The number of carboxylic acids is 1. The van der Waals surface area contributed by atoms with E-state index in [1.165, 1.54) is 12.1 Å². The van der Waals surface area contributed by atoms with E-state index in [2.05, 4.69) is 0 Å². The molecule has 1 aromatic rings. The van der Waals surface area contributed by atoms with Gasteiger partial charge in [0.15, 0.2) is 0 Å². The Morgan fingerprint density at radius 2 is 1.60 bits per heavy atom. The number of phenols is 2. The Bertz CT molecular complexity index is 481. The van der Waals surface area contributed by atoms with Gasteiger partial charge in [0.05, 0.1) is 0 Å². The summed E-state index contributed by atoms with van der Waals surface area (Å²) in [4.78, 5) is 26.0. The lowest BCUT2D eigenvalue weighted by atomic mass is 10.1. The topological polar surface area (TPSA) is 101 Å². The van der Waals surface area contributed by atoms with Crippen LogP contribution in [-0.2, 0) is 4.79 Å². The molecule has 0 aromatic heterocycles. The normalized spacial score (nSPS) is 10.6. The van der Waals surface area contributed by atoms with Crippen molar-refractivity contribution in [3.63, 3.8) is 0 Å². The molecule has 0 fully saturated rings. The maximum absolute atomic E-state index is 12.2. The summed E-state index contributed by atoms with van der Waals surface area (Å²) in [5.41, 5.74) is 0.0440. The van der Waals surface area contributed by atoms with Crippen molar-refractivity contribution in [3.8, 4) is 11.5 Å². The Labute approximate surface area is 116 Å². The number of carbonyl (C=O) groups excluding carboxylic acids is 1. The molecule has 7 nitrogen and oxygen atoms in total. The zero-order valence-corrected chi connectivity index (χ0v) is 11.4. The molecular formula is C13H18N2O5. The minimum atomic E-state index is -1.12. The first-order valence-corrected chi connectivity index (χ1v) is 5.98. The van der Waals surface area contributed by atoms with E-state index in [1.807, 2.05) is 19.0 Å². The molecule has 0 saturated heterocycles. The molecule has 7 heteroatoms. The van der Waals surface area contributed by atoms with Crippen LogP contribution in [0.15, 0.2) is 18.2 Å². The zero-order chi connectivity index (χ0) is 15.3. The number of aliphatic carboxylic acids is 1. The van der Waals surface area contributed by atoms with Gasteiger partial charge in [0.1, 0.15) is 18.0 Å². The number of carboxylic acid groups (broad SMARTS) is 1. The van der Waals surface area contributed by atoms with Gasteiger partial charge >= 0.3 is 5.97 Å². The van der Waals surface area contributed by atoms with E-state index >= 15 is 0 Å². The molecule has 110 valence electrons. The van der Waals surface area contributed by atoms with Crippen LogP contribution >= 0.6 is 0 Å². The second-order valence-corrected chi connectivity index (χ2v) is 4.66. The molecule has 0 aliphatic heterocycles. The fourth-order valence-corrected chi connectivity index (χ4v) is 1.64. The number of aromatic hydroxyl groups is 2. The molecule has 0 bridgehead atoms. The largest absolute Gasteiger partial charge is 0.508 e. The molecule has 1 aromatic carbocycles. The van der Waals surface area contributed by atoms with Gasteiger partial charge in [-0.15, -0.1) is 0 Å². The lowest BCUT2D eigenvalue weighted by molar-refractivity contribution is -0.137. The van der Waals surface area contributed by atoms with Crippen molar-refractivity contribution in [3.05, 3.63) is 23.8 Å². The highest BCUT2D eigenvalue weighted by atomic mass is 16.4. The van der Waals surface area contributed by atoms with Crippen molar-refractivity contribution in [2.75, 3.05) is 33.7 Å². The smallest absolute Gasteiger partial charge is 0.323 e. The monoisotopic (exact) mass is 282 g/mol. The predicted octanol–water partition coefficient (Wildman–Crippen LogP) is 0.186. The number of nitrogens with zero attached hydrogens (tertiary/aromatic N) is 2. The molecule has 0 spiro atoms. The average Bonchev–Trinajstić information content (AvgIpc) is 2.31. The Morgan fingerprint density at radius 3 is 2.05 bits per heavy atom. The maximum atomic E-state index is 12.2. The summed E-state index contributed by atoms with van der Waals surface area (Å²) in [5.74, 6) is -2.19. The van der Waals surface area contributed by atoms with Gasteiger partial charge in [-0.3, -0.25) is 9.59 Å². The minimum Gasteiger partial charge on any atom is -0.508 e. The standard InChI is InChI=1S/C13H18N2O5/c1-14(2)3-4-15(8-12(18)19)13(20)9-5-10(16)7-11(17)6-9/h5-7,16-17H,3-4,8H2,1-2H3,(H,18,19). The Hall–Kier alpha value is -2.28. The van der Waals surface area contributed by atoms with E-state index in [0.717, 1.165) is 11.0 Å². The molecule has 0 aliphatic rings. The van der Waals surface area contributed by atoms with Crippen LogP contribution in [-0.4, -0.2) is 70.7 Å². The molecular weight excluding hydrogens is 264 g/mol. The van der Waals surface area contributed by atoms with Gasteiger partial charge < -0.3 is 25.1 Å². The van der Waals surface area contributed by atoms with Gasteiger partial charge in [0.25, 0.3) is 5.91 Å². The Balaban J connectivity index is 2.93. The first kappa shape index (κ1) is 15.8. The summed E-state index contributed by atoms with van der Waals surface area (Å²) in [6.45, 7) is 0.293. The first-order valence-electron chi connectivity index (χ1n) is 5.98. The van der Waals surface area contributed by atoms with Crippen molar-refractivity contribution in [2.24, 2.45) is 0 Å². The average molecular weight is 282 g/mol. The third-order valence-corrected chi connectivity index (χ3v) is 2.58. The third kappa shape index (κ3) is 4.77. The van der Waals surface area contributed by atoms with Crippen molar-refractivity contribution in [1.29, 1.82) is 0 Å². The van der Waals surface area contributed by atoms with Gasteiger partial charge in [-0.1, -0.05) is 0 Å². The van der Waals surface area contributed by atoms with Crippen LogP contribution in [0, 0.1) is 0 Å². The zero-order valence-electron chi connectivity index (χ0n) is 11.4. The van der Waals surface area contributed by atoms with E-state index < -0.39 is 18.4 Å². The highest BCUT2D eigenvalue weighted by Crippen LogP contribution is 2.21. The van der Waals surface area contributed by atoms with Crippen molar-refractivity contribution >= 4 is 11.9 Å². The second-order valence-electron chi connectivity index (χ2n) is 4.66. The van der Waals surface area contributed by atoms with Crippen LogP contribution in [0.25, 0.3) is 0 Å². The summed E-state index contributed by atoms with van der Waals surface area (Å²) in [6, 6.07) is 3.47. The van der Waals surface area contributed by atoms with Gasteiger partial charge in [-0.05, 0) is 26.2 Å². The van der Waals surface area contributed by atoms with Crippen LogP contribution < -0.4 is 0 Å². The number of hydrogen-bond donors (Lipinski definition) is 3. The highest BCUT2D eigenvalue weighted by molar-refractivity contribution is 5.96. The quantitative estimate of drug-likeness (QED) is 0.688. The summed E-state index contributed by atoms with van der Waals surface area (Å²) >= 11 is 0. The summed E-state index contributed by atoms with van der Waals surface area (Å²) in [5, 5.41) is 27.6. The van der Waals surface area contributed by atoms with Crippen molar-refractivity contribution in [1.82, 2.24) is 9.80 Å². The van der Waals surface area contributed by atoms with Crippen molar-refractivity contribution in [2.45, 2.75) is 0 Å². The minimum absolute atomic E-state index is 0.0440. The lowest BCUT2D eigenvalue weighted by Crippen LogP contribution is -2.40. The van der Waals surface area contributed by atoms with Gasteiger partial charge in [0, 0.05) is 24.7 Å². The molecule has 0 aliphatic carbocycles. The van der Waals surface area contributed by atoms with E-state index in [1.54, 1.807) is 0 Å². The molecule has 0 heterocycles. The molecule has 20 heavy (non-hydrogen) atoms. The summed E-state index contributed by atoms with van der Waals surface area (Å²) in [6.07, 6.45) is 0. The lowest BCUT2D eigenvalue weighted by Gasteiger charge is -2.22. The van der Waals surface area contributed by atoms with Crippen LogP contribution in [0.3, 0.4) is 0 Å². The van der Waals surface area contributed by atoms with Gasteiger partial charge in [-0.25, -0.2) is 0 Å². The SMILES string of the molecule is CN(C)CCN(CC(=O)O)C(=O)c1cc(O)cc(O)c1. The molecule has 3 N–H and O–H groups in total. The molecule has 1 amide bonds. The van der Waals surface area contributed by atoms with Gasteiger partial charge in [-0.2, -0.15) is 0 Å². The Kier molecular flexibility index (Phi) is 5.33. The third-order valence-electron chi connectivity index (χ3n) is 2.58. The second kappa shape index (κ2) is 6.76. The number of likely N-dealkylation sites (N-methyl/N-ethyl adjacent to an activating group) is 1. The number of hydrogen-bond acceptors (Lipinski definition) is 5. The van der Waals surface area contributed by atoms with Crippen LogP contribution in [0.4, 0.5) is 0 Å². The Morgan fingerprint density at radius 1 is 1.05 bits per heavy atom. The van der Waals surface area contributed by atoms with E-state index in [-0.39, 0.29) is 23.6 Å². The number of amides is 1. The number of rotatable bonds is 6. The maximum Gasteiger partial charge on any atom is 0.323 e. The molecule has 0 radical (unpaired) electrons. The summed E-state index contributed by atoms with van der Waals surface area (Å²) in [7, 11) is 3.62. The molecule has 0 unspecified atom stereocenters. The van der Waals surface area contributed by atoms with Crippen molar-refractivity contribution < 1.29 is 24.9 Å². The van der Waals surface area contributed by atoms with Gasteiger partial charge in [0.2, 0.25) is 0 Å². The van der Waals surface area contributed by atoms with Crippen LogP contribution in [0.5, 0.6) is 11.5 Å². The predicted molar refractivity (Wildman–Crippen MR) is 71.9 cm³/mol. The fourth-order valence-electron chi connectivity index (χ4n) is 1.64. The first-order chi connectivity index (χ1) is 9.29. The molecule has 1 rings (SSSR count). The van der Waals surface area contributed by atoms with Crippen LogP contribution in [0.2, 0.25) is 0 Å². The number of benzene rings is 1. The highest BCUT2D eigenvalue weighted by Gasteiger charge is 2.19. The number of phenolic OH excluding ortho intramolecular Hbond substituents is 2. The van der Waals surface area contributed by atoms with E-state index in [0.29, 0.717) is 6.54 Å². The summed E-state index contributed by atoms with van der Waals surface area (Å²) < 4.78 is 0. The fraction of sp³-hybridized carbons (Fsp3) is 0.385. The van der Waals surface area contributed by atoms with Crippen LogP contribution in [0.1, 0.15) is 10.4 Å². The molecule has 0 saturated carbocycles. The molecule has 0 atom stereocenters.